The van der Waals surface area contributed by atoms with Gasteiger partial charge in [-0.2, -0.15) is 0 Å². The first-order chi connectivity index (χ1) is 7.22. The second-order valence-corrected chi connectivity index (χ2v) is 3.52. The van der Waals surface area contributed by atoms with Gasteiger partial charge in [-0.25, -0.2) is 0 Å². The lowest BCUT2D eigenvalue weighted by Crippen LogP contribution is -2.05. The Morgan fingerprint density at radius 2 is 1.80 bits per heavy atom. The fraction of sp³-hybridized carbons (Fsp3) is 0.214. The molecule has 0 unspecified atom stereocenters. The van der Waals surface area contributed by atoms with Gasteiger partial charge in [0.1, 0.15) is 5.75 Å². The van der Waals surface area contributed by atoms with Gasteiger partial charge < -0.3 is 4.74 Å². The Kier molecular flexibility index (Phi) is 4.69. The Balaban J connectivity index is 2.64. The zero-order valence-corrected chi connectivity index (χ0v) is 9.31. The Bertz CT molecular complexity index is 331. The van der Waals surface area contributed by atoms with Gasteiger partial charge in [0.25, 0.3) is 0 Å². The lowest BCUT2D eigenvalue weighted by atomic mass is 10.2. The molecule has 79 valence electrons. The van der Waals surface area contributed by atoms with Crippen molar-refractivity contribution in [2.45, 2.75) is 20.0 Å². The highest BCUT2D eigenvalue weighted by Crippen LogP contribution is 2.14. The summed E-state index contributed by atoms with van der Waals surface area (Å²) >= 11 is 0. The molecule has 0 saturated carbocycles. The minimum Gasteiger partial charge on any atom is -0.491 e. The first kappa shape index (κ1) is 11.6. The van der Waals surface area contributed by atoms with Gasteiger partial charge in [-0.05, 0) is 38.5 Å². The van der Waals surface area contributed by atoms with Gasteiger partial charge in [0.15, 0.2) is 0 Å². The fourth-order valence-electron chi connectivity index (χ4n) is 1.17. The minimum absolute atomic E-state index is 0.223. The van der Waals surface area contributed by atoms with Crippen molar-refractivity contribution in [1.82, 2.24) is 0 Å². The van der Waals surface area contributed by atoms with E-state index in [4.69, 9.17) is 4.74 Å². The number of allylic oxidation sites excluding steroid dienone is 3. The number of ether oxygens (including phenoxy) is 1. The molecule has 0 spiro atoms. The fourth-order valence-corrected chi connectivity index (χ4v) is 1.17. The predicted molar refractivity (Wildman–Crippen MR) is 65.7 cm³/mol. The van der Waals surface area contributed by atoms with Crippen LogP contribution in [-0.4, -0.2) is 6.10 Å². The lowest BCUT2D eigenvalue weighted by molar-refractivity contribution is 0.242. The minimum atomic E-state index is 0.223. The van der Waals surface area contributed by atoms with Crippen LogP contribution in [0.4, 0.5) is 0 Å². The molecule has 0 bridgehead atoms. The Morgan fingerprint density at radius 3 is 2.33 bits per heavy atom. The van der Waals surface area contributed by atoms with Gasteiger partial charge in [-0.3, -0.25) is 0 Å². The predicted octanol–water partition coefficient (Wildman–Crippen LogP) is 3.88. The summed E-state index contributed by atoms with van der Waals surface area (Å²) in [6.07, 6.45) is 7.87. The molecule has 1 radical (unpaired) electrons. The van der Waals surface area contributed by atoms with E-state index >= 15 is 0 Å². The summed E-state index contributed by atoms with van der Waals surface area (Å²) in [5, 5.41) is 0. The van der Waals surface area contributed by atoms with E-state index in [0.29, 0.717) is 0 Å². The van der Waals surface area contributed by atoms with E-state index < -0.39 is 0 Å². The molecular formula is C14H17O. The average Bonchev–Trinajstić information content (AvgIpc) is 2.20. The molecule has 1 aromatic carbocycles. The molecule has 1 heteroatoms. The third-order valence-electron chi connectivity index (χ3n) is 1.79. The summed E-state index contributed by atoms with van der Waals surface area (Å²) in [6, 6.07) is 8.03. The van der Waals surface area contributed by atoms with Crippen LogP contribution in [0, 0.1) is 6.92 Å². The van der Waals surface area contributed by atoms with Gasteiger partial charge in [-0.1, -0.05) is 36.4 Å². The molecule has 1 nitrogen and oxygen atoms in total. The van der Waals surface area contributed by atoms with Crippen molar-refractivity contribution in [3.8, 4) is 5.75 Å². The molecule has 0 heterocycles. The van der Waals surface area contributed by atoms with Crippen LogP contribution in [0.1, 0.15) is 19.4 Å². The van der Waals surface area contributed by atoms with Gasteiger partial charge in [0.05, 0.1) is 6.10 Å². The summed E-state index contributed by atoms with van der Waals surface area (Å²) in [7, 11) is 0. The highest BCUT2D eigenvalue weighted by Gasteiger charge is 1.95. The molecule has 0 aliphatic carbocycles. The Hall–Kier alpha value is -1.50. The van der Waals surface area contributed by atoms with Crippen LogP contribution in [0.25, 0.3) is 6.08 Å². The third-order valence-corrected chi connectivity index (χ3v) is 1.79. The topological polar surface area (TPSA) is 9.23 Å². The molecular weight excluding hydrogens is 184 g/mol. The summed E-state index contributed by atoms with van der Waals surface area (Å²) in [6.45, 7) is 7.65. The number of hydrogen-bond acceptors (Lipinski definition) is 1. The average molecular weight is 201 g/mol. The van der Waals surface area contributed by atoms with Crippen molar-refractivity contribution >= 4 is 6.08 Å². The monoisotopic (exact) mass is 201 g/mol. The Labute approximate surface area is 92.1 Å². The van der Waals surface area contributed by atoms with Crippen molar-refractivity contribution in [1.29, 1.82) is 0 Å². The smallest absolute Gasteiger partial charge is 0.119 e. The maximum absolute atomic E-state index is 5.55. The van der Waals surface area contributed by atoms with E-state index in [2.05, 4.69) is 6.92 Å². The molecule has 0 saturated heterocycles. The molecule has 15 heavy (non-hydrogen) atoms. The zero-order chi connectivity index (χ0) is 11.1. The second kappa shape index (κ2) is 6.07. The summed E-state index contributed by atoms with van der Waals surface area (Å²) in [5.74, 6) is 0.912. The third kappa shape index (κ3) is 4.50. The normalized spacial score (nSPS) is 11.7. The standard InChI is InChI=1S/C14H17O/c1-4-5-6-7-13-8-10-14(11-9-13)15-12(2)3/h4-12H,1H2,2-3H3. The molecule has 1 rings (SSSR count). The summed E-state index contributed by atoms with van der Waals surface area (Å²) < 4.78 is 5.55. The molecule has 0 aliphatic rings. The van der Waals surface area contributed by atoms with Crippen molar-refractivity contribution in [2.75, 3.05) is 0 Å². The van der Waals surface area contributed by atoms with E-state index in [9.17, 15) is 0 Å². The quantitative estimate of drug-likeness (QED) is 0.672. The van der Waals surface area contributed by atoms with Crippen molar-refractivity contribution in [3.63, 3.8) is 0 Å². The van der Waals surface area contributed by atoms with E-state index in [1.165, 1.54) is 0 Å². The van der Waals surface area contributed by atoms with E-state index in [1.54, 1.807) is 6.08 Å². The molecule has 0 amide bonds. The van der Waals surface area contributed by atoms with Gasteiger partial charge in [0, 0.05) is 0 Å². The molecule has 0 aromatic heterocycles. The second-order valence-electron chi connectivity index (χ2n) is 3.52. The Morgan fingerprint density at radius 1 is 1.13 bits per heavy atom. The number of benzene rings is 1. The first-order valence-corrected chi connectivity index (χ1v) is 5.11. The van der Waals surface area contributed by atoms with Crippen LogP contribution in [0.3, 0.4) is 0 Å². The molecule has 0 atom stereocenters. The van der Waals surface area contributed by atoms with Crippen LogP contribution < -0.4 is 4.74 Å². The van der Waals surface area contributed by atoms with Crippen LogP contribution in [0.5, 0.6) is 5.75 Å². The van der Waals surface area contributed by atoms with Crippen LogP contribution in [0.2, 0.25) is 0 Å². The zero-order valence-electron chi connectivity index (χ0n) is 9.31. The van der Waals surface area contributed by atoms with Crippen LogP contribution >= 0.6 is 0 Å². The van der Waals surface area contributed by atoms with E-state index in [-0.39, 0.29) is 6.10 Å². The van der Waals surface area contributed by atoms with E-state index in [0.717, 1.165) is 11.3 Å². The van der Waals surface area contributed by atoms with Crippen molar-refractivity contribution in [3.05, 3.63) is 55.0 Å². The number of rotatable bonds is 4. The van der Waals surface area contributed by atoms with Crippen LogP contribution in [-0.2, 0) is 0 Å². The molecule has 0 fully saturated rings. The van der Waals surface area contributed by atoms with Crippen molar-refractivity contribution in [2.24, 2.45) is 0 Å². The van der Waals surface area contributed by atoms with Gasteiger partial charge in [0.2, 0.25) is 0 Å². The summed E-state index contributed by atoms with van der Waals surface area (Å²) in [4.78, 5) is 0. The maximum Gasteiger partial charge on any atom is 0.119 e. The largest absolute Gasteiger partial charge is 0.491 e. The highest BCUT2D eigenvalue weighted by atomic mass is 16.5. The lowest BCUT2D eigenvalue weighted by Gasteiger charge is -2.09. The molecule has 0 N–H and O–H groups in total. The van der Waals surface area contributed by atoms with Crippen molar-refractivity contribution < 1.29 is 4.74 Å². The molecule has 0 aliphatic heterocycles. The SMILES string of the molecule is [CH2]C=CC=Cc1ccc(OC(C)C)cc1. The van der Waals surface area contributed by atoms with Crippen LogP contribution in [0.15, 0.2) is 42.5 Å². The van der Waals surface area contributed by atoms with Gasteiger partial charge in [-0.15, -0.1) is 0 Å². The maximum atomic E-state index is 5.55. The highest BCUT2D eigenvalue weighted by molar-refractivity contribution is 5.52. The first-order valence-electron chi connectivity index (χ1n) is 5.11. The van der Waals surface area contributed by atoms with Gasteiger partial charge >= 0.3 is 0 Å². The van der Waals surface area contributed by atoms with E-state index in [1.807, 2.05) is 56.3 Å². The summed E-state index contributed by atoms with van der Waals surface area (Å²) in [5.41, 5.74) is 1.16. The number of hydrogen-bond donors (Lipinski definition) is 0. The molecule has 1 aromatic rings.